The van der Waals surface area contributed by atoms with Crippen LogP contribution in [-0.4, -0.2) is 36.3 Å². The molecule has 0 spiro atoms. The summed E-state index contributed by atoms with van der Waals surface area (Å²) < 4.78 is 11.0. The van der Waals surface area contributed by atoms with Gasteiger partial charge >= 0.3 is 6.09 Å². The van der Waals surface area contributed by atoms with Gasteiger partial charge in [-0.25, -0.2) is 4.79 Å². The van der Waals surface area contributed by atoms with Crippen LogP contribution in [0.2, 0.25) is 0 Å². The molecule has 1 aromatic rings. The van der Waals surface area contributed by atoms with Crippen LogP contribution in [0.3, 0.4) is 0 Å². The monoisotopic (exact) mass is 291 g/mol. The van der Waals surface area contributed by atoms with Crippen molar-refractivity contribution in [3.63, 3.8) is 0 Å². The van der Waals surface area contributed by atoms with Crippen molar-refractivity contribution in [1.82, 2.24) is 4.90 Å². The van der Waals surface area contributed by atoms with Crippen LogP contribution < -0.4 is 4.74 Å². The molecule has 0 saturated carbocycles. The lowest BCUT2D eigenvalue weighted by molar-refractivity contribution is 0.0292. The molecule has 1 aliphatic heterocycles. The van der Waals surface area contributed by atoms with Gasteiger partial charge in [0, 0.05) is 19.0 Å². The summed E-state index contributed by atoms with van der Waals surface area (Å²) in [6.07, 6.45) is 0.750. The molecule has 0 bridgehead atoms. The number of amides is 1. The third kappa shape index (κ3) is 4.38. The molecule has 1 fully saturated rings. The van der Waals surface area contributed by atoms with Gasteiger partial charge in [0.2, 0.25) is 0 Å². The molecule has 1 amide bonds. The van der Waals surface area contributed by atoms with Crippen molar-refractivity contribution in [1.29, 1.82) is 0 Å². The van der Waals surface area contributed by atoms with E-state index < -0.39 is 5.60 Å². The molecule has 0 aromatic heterocycles. The Balaban J connectivity index is 1.99. The number of likely N-dealkylation sites (tertiary alicyclic amines) is 1. The Morgan fingerprint density at radius 2 is 2.14 bits per heavy atom. The Hall–Kier alpha value is -1.71. The second-order valence-corrected chi connectivity index (χ2v) is 6.42. The molecule has 1 aliphatic rings. The van der Waals surface area contributed by atoms with Gasteiger partial charge in [0.05, 0.1) is 6.61 Å². The smallest absolute Gasteiger partial charge is 0.410 e. The Bertz CT molecular complexity index is 493. The molecule has 1 atom stereocenters. The van der Waals surface area contributed by atoms with Gasteiger partial charge in [-0.15, -0.1) is 0 Å². The molecule has 1 saturated heterocycles. The summed E-state index contributed by atoms with van der Waals surface area (Å²) in [4.78, 5) is 13.9. The van der Waals surface area contributed by atoms with Crippen molar-refractivity contribution in [2.75, 3.05) is 19.7 Å². The van der Waals surface area contributed by atoms with Crippen LogP contribution in [0.4, 0.5) is 4.79 Å². The molecule has 1 aromatic carbocycles. The lowest BCUT2D eigenvalue weighted by Crippen LogP contribution is -2.35. The fourth-order valence-electron chi connectivity index (χ4n) is 2.55. The second-order valence-electron chi connectivity index (χ2n) is 6.42. The van der Waals surface area contributed by atoms with E-state index in [0.29, 0.717) is 19.1 Å². The van der Waals surface area contributed by atoms with Gasteiger partial charge < -0.3 is 14.4 Å². The van der Waals surface area contributed by atoms with E-state index in [1.165, 1.54) is 5.56 Å². The molecular formula is C17H25NO3. The Kier molecular flexibility index (Phi) is 4.76. The summed E-state index contributed by atoms with van der Waals surface area (Å²) in [5, 5.41) is 0. The van der Waals surface area contributed by atoms with Crippen LogP contribution in [0.5, 0.6) is 5.75 Å². The van der Waals surface area contributed by atoms with Crippen LogP contribution in [0.15, 0.2) is 24.3 Å². The van der Waals surface area contributed by atoms with E-state index in [4.69, 9.17) is 9.47 Å². The minimum atomic E-state index is -0.440. The third-order valence-corrected chi connectivity index (χ3v) is 3.48. The van der Waals surface area contributed by atoms with Crippen molar-refractivity contribution in [2.24, 2.45) is 0 Å². The quantitative estimate of drug-likeness (QED) is 0.850. The summed E-state index contributed by atoms with van der Waals surface area (Å²) in [5.74, 6) is 1.25. The second kappa shape index (κ2) is 6.37. The average Bonchev–Trinajstić information content (AvgIpc) is 2.87. The number of nitrogens with zero attached hydrogens (tertiary/aromatic N) is 1. The fraction of sp³-hybridized carbons (Fsp3) is 0.588. The molecule has 21 heavy (non-hydrogen) atoms. The zero-order valence-electron chi connectivity index (χ0n) is 13.4. The molecule has 4 heteroatoms. The molecule has 4 nitrogen and oxygen atoms in total. The summed E-state index contributed by atoms with van der Waals surface area (Å²) in [5.41, 5.74) is 0.788. The zero-order chi connectivity index (χ0) is 15.5. The minimum Gasteiger partial charge on any atom is -0.494 e. The predicted octanol–water partition coefficient (Wildman–Crippen LogP) is 3.81. The van der Waals surface area contributed by atoms with Crippen molar-refractivity contribution < 1.29 is 14.3 Å². The first kappa shape index (κ1) is 15.7. The van der Waals surface area contributed by atoms with Crippen molar-refractivity contribution in [3.8, 4) is 5.75 Å². The maximum atomic E-state index is 12.1. The first-order valence-corrected chi connectivity index (χ1v) is 7.59. The van der Waals surface area contributed by atoms with E-state index in [0.717, 1.165) is 18.7 Å². The first-order chi connectivity index (χ1) is 9.89. The first-order valence-electron chi connectivity index (χ1n) is 7.59. The predicted molar refractivity (Wildman–Crippen MR) is 82.8 cm³/mol. The third-order valence-electron chi connectivity index (χ3n) is 3.48. The average molecular weight is 291 g/mol. The van der Waals surface area contributed by atoms with E-state index in [2.05, 4.69) is 12.1 Å². The van der Waals surface area contributed by atoms with Crippen molar-refractivity contribution >= 4 is 6.09 Å². The van der Waals surface area contributed by atoms with E-state index in [1.807, 2.05) is 39.8 Å². The number of rotatable bonds is 3. The largest absolute Gasteiger partial charge is 0.494 e. The van der Waals surface area contributed by atoms with Crippen LogP contribution in [0.25, 0.3) is 0 Å². The minimum absolute atomic E-state index is 0.217. The fourth-order valence-corrected chi connectivity index (χ4v) is 2.55. The number of carbonyl (C=O) groups excluding carboxylic acids is 1. The SMILES string of the molecule is CCOc1cccc(C2CCN(C(=O)OC(C)(C)C)C2)c1. The molecule has 1 heterocycles. The molecular weight excluding hydrogens is 266 g/mol. The van der Waals surface area contributed by atoms with E-state index in [1.54, 1.807) is 4.90 Å². The van der Waals surface area contributed by atoms with Gasteiger partial charge in [-0.1, -0.05) is 12.1 Å². The highest BCUT2D eigenvalue weighted by Crippen LogP contribution is 2.30. The number of hydrogen-bond acceptors (Lipinski definition) is 3. The van der Waals surface area contributed by atoms with Gasteiger partial charge in [0.1, 0.15) is 11.4 Å². The standard InChI is InChI=1S/C17H25NO3/c1-5-20-15-8-6-7-13(11-15)14-9-10-18(12-14)16(19)21-17(2,3)4/h6-8,11,14H,5,9-10,12H2,1-4H3. The summed E-state index contributed by atoms with van der Waals surface area (Å²) >= 11 is 0. The summed E-state index contributed by atoms with van der Waals surface area (Å²) in [7, 11) is 0. The summed E-state index contributed by atoms with van der Waals surface area (Å²) in [6.45, 7) is 9.78. The van der Waals surface area contributed by atoms with Crippen LogP contribution in [0, 0.1) is 0 Å². The lowest BCUT2D eigenvalue weighted by Gasteiger charge is -2.24. The van der Waals surface area contributed by atoms with E-state index >= 15 is 0 Å². The van der Waals surface area contributed by atoms with Gasteiger partial charge in [-0.05, 0) is 51.8 Å². The Labute approximate surface area is 127 Å². The number of hydrogen-bond donors (Lipinski definition) is 0. The van der Waals surface area contributed by atoms with Crippen LogP contribution >= 0.6 is 0 Å². The normalized spacial score (nSPS) is 18.7. The maximum Gasteiger partial charge on any atom is 0.410 e. The highest BCUT2D eigenvalue weighted by molar-refractivity contribution is 5.68. The molecule has 2 rings (SSSR count). The Morgan fingerprint density at radius 1 is 1.38 bits per heavy atom. The van der Waals surface area contributed by atoms with Crippen LogP contribution in [0.1, 0.15) is 45.6 Å². The maximum absolute atomic E-state index is 12.1. The number of ether oxygens (including phenoxy) is 2. The topological polar surface area (TPSA) is 38.8 Å². The molecule has 116 valence electrons. The Morgan fingerprint density at radius 3 is 2.81 bits per heavy atom. The number of benzene rings is 1. The molecule has 0 radical (unpaired) electrons. The van der Waals surface area contributed by atoms with Gasteiger partial charge in [-0.2, -0.15) is 0 Å². The van der Waals surface area contributed by atoms with E-state index in [9.17, 15) is 4.79 Å². The van der Waals surface area contributed by atoms with Gasteiger partial charge in [-0.3, -0.25) is 0 Å². The zero-order valence-corrected chi connectivity index (χ0v) is 13.4. The lowest BCUT2D eigenvalue weighted by atomic mass is 9.98. The van der Waals surface area contributed by atoms with Crippen molar-refractivity contribution in [2.45, 2.75) is 45.6 Å². The molecule has 1 unspecified atom stereocenters. The molecule has 0 aliphatic carbocycles. The van der Waals surface area contributed by atoms with Gasteiger partial charge in [0.25, 0.3) is 0 Å². The highest BCUT2D eigenvalue weighted by Gasteiger charge is 2.30. The van der Waals surface area contributed by atoms with E-state index in [-0.39, 0.29) is 6.09 Å². The van der Waals surface area contributed by atoms with Gasteiger partial charge in [0.15, 0.2) is 0 Å². The highest BCUT2D eigenvalue weighted by atomic mass is 16.6. The summed E-state index contributed by atoms with van der Waals surface area (Å²) in [6, 6.07) is 8.16. The molecule has 0 N–H and O–H groups in total. The van der Waals surface area contributed by atoms with Crippen molar-refractivity contribution in [3.05, 3.63) is 29.8 Å². The van der Waals surface area contributed by atoms with Crippen LogP contribution in [-0.2, 0) is 4.74 Å². The number of carbonyl (C=O) groups is 1.